The lowest BCUT2D eigenvalue weighted by atomic mass is 10.0. The molecule has 0 amide bonds. The van der Waals surface area contributed by atoms with E-state index in [0.717, 1.165) is 28.3 Å². The van der Waals surface area contributed by atoms with Crippen molar-refractivity contribution < 1.29 is 4.42 Å². The Morgan fingerprint density at radius 3 is 3.06 bits per heavy atom. The zero-order valence-electron chi connectivity index (χ0n) is 10.6. The van der Waals surface area contributed by atoms with Crippen molar-refractivity contribution in [2.24, 2.45) is 0 Å². The Balaban J connectivity index is 1.93. The minimum atomic E-state index is 0.510. The van der Waals surface area contributed by atoms with Crippen molar-refractivity contribution in [3.05, 3.63) is 35.0 Å². The number of furan rings is 1. The highest BCUT2D eigenvalue weighted by Crippen LogP contribution is 2.37. The highest BCUT2D eigenvalue weighted by Gasteiger charge is 2.30. The number of rotatable bonds is 3. The molecule has 0 spiro atoms. The van der Waals surface area contributed by atoms with Crippen molar-refractivity contribution in [3.8, 4) is 0 Å². The van der Waals surface area contributed by atoms with Gasteiger partial charge in [0.1, 0.15) is 11.3 Å². The number of halogens is 1. The van der Waals surface area contributed by atoms with Gasteiger partial charge in [0.15, 0.2) is 0 Å². The lowest BCUT2D eigenvalue weighted by Crippen LogP contribution is -2.30. The minimum Gasteiger partial charge on any atom is -0.461 e. The molecule has 1 aromatic carbocycles. The van der Waals surface area contributed by atoms with Crippen LogP contribution in [0.4, 0.5) is 0 Å². The molecule has 1 saturated carbocycles. The highest BCUT2D eigenvalue weighted by molar-refractivity contribution is 6.31. The van der Waals surface area contributed by atoms with Gasteiger partial charge in [0, 0.05) is 22.4 Å². The molecule has 3 heteroatoms. The van der Waals surface area contributed by atoms with Crippen LogP contribution in [0.15, 0.2) is 28.7 Å². The molecule has 0 bridgehead atoms. The van der Waals surface area contributed by atoms with Crippen molar-refractivity contribution in [2.45, 2.75) is 38.1 Å². The monoisotopic (exact) mass is 263 g/mol. The molecule has 2 aromatic rings. The van der Waals surface area contributed by atoms with E-state index < -0.39 is 0 Å². The van der Waals surface area contributed by atoms with Crippen molar-refractivity contribution in [1.29, 1.82) is 0 Å². The van der Waals surface area contributed by atoms with Gasteiger partial charge in [-0.15, -0.1) is 0 Å². The van der Waals surface area contributed by atoms with Gasteiger partial charge < -0.3 is 9.73 Å². The molecule has 1 fully saturated rings. The first-order valence-corrected chi connectivity index (χ1v) is 7.08. The van der Waals surface area contributed by atoms with Crippen molar-refractivity contribution in [3.63, 3.8) is 0 Å². The summed E-state index contributed by atoms with van der Waals surface area (Å²) in [5.74, 6) is 1.62. The van der Waals surface area contributed by atoms with E-state index in [9.17, 15) is 0 Å². The Bertz CT molecular complexity index is 548. The van der Waals surface area contributed by atoms with Crippen molar-refractivity contribution >= 4 is 22.6 Å². The fourth-order valence-corrected chi connectivity index (χ4v) is 3.21. The standard InChI is InChI=1S/C15H18ClNO/c1-2-17-13-5-3-4-12(13)15-9-10-8-11(16)6-7-14(10)18-15/h6-9,12-13,17H,2-5H2,1H3. The average molecular weight is 264 g/mol. The third-order valence-corrected chi connectivity index (χ3v) is 4.08. The van der Waals surface area contributed by atoms with Crippen molar-refractivity contribution in [1.82, 2.24) is 5.32 Å². The van der Waals surface area contributed by atoms with Gasteiger partial charge in [-0.3, -0.25) is 0 Å². The van der Waals surface area contributed by atoms with Gasteiger partial charge in [-0.05, 0) is 43.7 Å². The molecule has 1 aliphatic carbocycles. The van der Waals surface area contributed by atoms with Gasteiger partial charge in [0.25, 0.3) is 0 Å². The summed E-state index contributed by atoms with van der Waals surface area (Å²) >= 11 is 6.01. The molecular formula is C15H18ClNO. The molecule has 2 atom stereocenters. The number of hydrogen-bond acceptors (Lipinski definition) is 2. The van der Waals surface area contributed by atoms with E-state index in [1.165, 1.54) is 19.3 Å². The Hall–Kier alpha value is -0.990. The van der Waals surface area contributed by atoms with Crippen LogP contribution < -0.4 is 5.32 Å². The largest absolute Gasteiger partial charge is 0.461 e. The fraction of sp³-hybridized carbons (Fsp3) is 0.467. The molecule has 2 nitrogen and oxygen atoms in total. The summed E-state index contributed by atoms with van der Waals surface area (Å²) in [6.45, 7) is 3.18. The average Bonchev–Trinajstić information content (AvgIpc) is 2.94. The molecular weight excluding hydrogens is 246 g/mol. The quantitative estimate of drug-likeness (QED) is 0.892. The Morgan fingerprint density at radius 2 is 2.22 bits per heavy atom. The van der Waals surface area contributed by atoms with Crippen LogP contribution in [0.2, 0.25) is 5.02 Å². The summed E-state index contributed by atoms with van der Waals surface area (Å²) in [6.07, 6.45) is 3.74. The maximum absolute atomic E-state index is 6.01. The number of benzene rings is 1. The maximum atomic E-state index is 6.01. The smallest absolute Gasteiger partial charge is 0.134 e. The second-order valence-corrected chi connectivity index (χ2v) is 5.47. The molecule has 1 N–H and O–H groups in total. The third kappa shape index (κ3) is 2.15. The van der Waals surface area contributed by atoms with Crippen LogP contribution in [0.3, 0.4) is 0 Å². The summed E-state index contributed by atoms with van der Waals surface area (Å²) in [7, 11) is 0. The van der Waals surface area contributed by atoms with Gasteiger partial charge in [0.05, 0.1) is 0 Å². The molecule has 3 rings (SSSR count). The lowest BCUT2D eigenvalue weighted by molar-refractivity contribution is 0.422. The normalized spacial score (nSPS) is 23.9. The third-order valence-electron chi connectivity index (χ3n) is 3.85. The number of nitrogens with one attached hydrogen (secondary N) is 1. The van der Waals surface area contributed by atoms with Crippen LogP contribution >= 0.6 is 11.6 Å². The van der Waals surface area contributed by atoms with E-state index in [4.69, 9.17) is 16.0 Å². The zero-order valence-corrected chi connectivity index (χ0v) is 11.3. The summed E-state index contributed by atoms with van der Waals surface area (Å²) < 4.78 is 5.98. The van der Waals surface area contributed by atoms with Crippen LogP contribution in [0.1, 0.15) is 37.9 Å². The molecule has 1 heterocycles. The summed E-state index contributed by atoms with van der Waals surface area (Å²) in [6, 6.07) is 8.53. The molecule has 1 aromatic heterocycles. The SMILES string of the molecule is CCNC1CCCC1c1cc2cc(Cl)ccc2o1. The Morgan fingerprint density at radius 1 is 1.33 bits per heavy atom. The molecule has 0 radical (unpaired) electrons. The lowest BCUT2D eigenvalue weighted by Gasteiger charge is -2.17. The van der Waals surface area contributed by atoms with Crippen LogP contribution in [-0.2, 0) is 0 Å². The minimum absolute atomic E-state index is 0.510. The molecule has 0 aliphatic heterocycles. The highest BCUT2D eigenvalue weighted by atomic mass is 35.5. The Labute approximate surface area is 112 Å². The Kier molecular flexibility index (Phi) is 3.31. The summed E-state index contributed by atoms with van der Waals surface area (Å²) in [5.41, 5.74) is 0.941. The van der Waals surface area contributed by atoms with Crippen LogP contribution in [0, 0.1) is 0 Å². The van der Waals surface area contributed by atoms with E-state index in [0.29, 0.717) is 12.0 Å². The van der Waals surface area contributed by atoms with Gasteiger partial charge in [-0.2, -0.15) is 0 Å². The van der Waals surface area contributed by atoms with Crippen molar-refractivity contribution in [2.75, 3.05) is 6.54 Å². The summed E-state index contributed by atoms with van der Waals surface area (Å²) in [5, 5.41) is 5.44. The molecule has 0 saturated heterocycles. The first-order valence-electron chi connectivity index (χ1n) is 6.70. The van der Waals surface area contributed by atoms with Gasteiger partial charge >= 0.3 is 0 Å². The van der Waals surface area contributed by atoms with E-state index in [1.807, 2.05) is 18.2 Å². The summed E-state index contributed by atoms with van der Waals surface area (Å²) in [4.78, 5) is 0. The van der Waals surface area contributed by atoms with E-state index in [-0.39, 0.29) is 0 Å². The fourth-order valence-electron chi connectivity index (χ4n) is 3.02. The van der Waals surface area contributed by atoms with Gasteiger partial charge in [-0.1, -0.05) is 24.9 Å². The second kappa shape index (κ2) is 4.94. The van der Waals surface area contributed by atoms with Gasteiger partial charge in [-0.25, -0.2) is 0 Å². The number of hydrogen-bond donors (Lipinski definition) is 1. The van der Waals surface area contributed by atoms with Crippen LogP contribution in [0.5, 0.6) is 0 Å². The molecule has 18 heavy (non-hydrogen) atoms. The molecule has 1 aliphatic rings. The first-order chi connectivity index (χ1) is 8.78. The van der Waals surface area contributed by atoms with Crippen LogP contribution in [0.25, 0.3) is 11.0 Å². The van der Waals surface area contributed by atoms with E-state index >= 15 is 0 Å². The van der Waals surface area contributed by atoms with Gasteiger partial charge in [0.2, 0.25) is 0 Å². The second-order valence-electron chi connectivity index (χ2n) is 5.03. The van der Waals surface area contributed by atoms with E-state index in [2.05, 4.69) is 18.3 Å². The van der Waals surface area contributed by atoms with Crippen LogP contribution in [-0.4, -0.2) is 12.6 Å². The molecule has 2 unspecified atom stereocenters. The zero-order chi connectivity index (χ0) is 12.5. The topological polar surface area (TPSA) is 25.2 Å². The number of likely N-dealkylation sites (N-methyl/N-ethyl adjacent to an activating group) is 1. The predicted octanol–water partition coefficient (Wildman–Crippen LogP) is 4.33. The predicted molar refractivity (Wildman–Crippen MR) is 75.3 cm³/mol. The molecule has 96 valence electrons. The number of fused-ring (bicyclic) bond motifs is 1. The maximum Gasteiger partial charge on any atom is 0.134 e. The first kappa shape index (κ1) is 12.1. The van der Waals surface area contributed by atoms with E-state index in [1.54, 1.807) is 0 Å².